The summed E-state index contributed by atoms with van der Waals surface area (Å²) >= 11 is 1.53. The number of nitrogens with zero attached hydrogens (tertiary/aromatic N) is 2. The highest BCUT2D eigenvalue weighted by atomic mass is 32.1. The first-order chi connectivity index (χ1) is 11.1. The molecule has 0 atom stereocenters. The number of carbonyl (C=O) groups is 3. The lowest BCUT2D eigenvalue weighted by atomic mass is 10.2. The summed E-state index contributed by atoms with van der Waals surface area (Å²) < 4.78 is 13.2. The van der Waals surface area contributed by atoms with Gasteiger partial charge in [0.05, 0.1) is 6.54 Å². The summed E-state index contributed by atoms with van der Waals surface area (Å²) in [7, 11) is 0. The van der Waals surface area contributed by atoms with Crippen molar-refractivity contribution < 1.29 is 18.8 Å². The van der Waals surface area contributed by atoms with Crippen LogP contribution in [0.15, 0.2) is 41.8 Å². The lowest BCUT2D eigenvalue weighted by molar-refractivity contribution is -0.143. The standard InChI is InChI=1S/C16H13FN2O3S/c17-12-4-1-3-11(9-12)10-19-15(21)14(20)18(16(19)22)7-6-13-5-2-8-23-13/h1-5,8-9H,6-7,10H2. The van der Waals surface area contributed by atoms with Gasteiger partial charge in [-0.2, -0.15) is 0 Å². The molecule has 1 aliphatic heterocycles. The van der Waals surface area contributed by atoms with E-state index < -0.39 is 23.7 Å². The molecule has 3 rings (SSSR count). The van der Waals surface area contributed by atoms with Gasteiger partial charge < -0.3 is 0 Å². The van der Waals surface area contributed by atoms with Gasteiger partial charge in [0, 0.05) is 17.8 Å². The van der Waals surface area contributed by atoms with E-state index in [1.165, 1.54) is 29.5 Å². The highest BCUT2D eigenvalue weighted by molar-refractivity contribution is 7.09. The van der Waals surface area contributed by atoms with Crippen LogP contribution < -0.4 is 0 Å². The Bertz CT molecular complexity index is 760. The van der Waals surface area contributed by atoms with E-state index >= 15 is 0 Å². The molecule has 4 amide bonds. The number of hydrogen-bond acceptors (Lipinski definition) is 4. The molecule has 0 N–H and O–H groups in total. The Morgan fingerprint density at radius 2 is 1.78 bits per heavy atom. The van der Waals surface area contributed by atoms with Crippen molar-refractivity contribution >= 4 is 29.2 Å². The van der Waals surface area contributed by atoms with Crippen molar-refractivity contribution in [2.24, 2.45) is 0 Å². The smallest absolute Gasteiger partial charge is 0.263 e. The number of thiophene rings is 1. The van der Waals surface area contributed by atoms with Gasteiger partial charge in [0.15, 0.2) is 0 Å². The highest BCUT2D eigenvalue weighted by Gasteiger charge is 2.43. The van der Waals surface area contributed by atoms with Crippen molar-refractivity contribution in [2.45, 2.75) is 13.0 Å². The van der Waals surface area contributed by atoms with Gasteiger partial charge in [-0.25, -0.2) is 9.18 Å². The number of hydrogen-bond donors (Lipinski definition) is 0. The second kappa shape index (κ2) is 6.29. The van der Waals surface area contributed by atoms with Crippen LogP contribution in [0, 0.1) is 5.82 Å². The lowest BCUT2D eigenvalue weighted by Gasteiger charge is -2.15. The summed E-state index contributed by atoms with van der Waals surface area (Å²) in [6, 6.07) is 8.74. The quantitative estimate of drug-likeness (QED) is 0.624. The van der Waals surface area contributed by atoms with E-state index in [0.717, 1.165) is 14.7 Å². The van der Waals surface area contributed by atoms with E-state index in [2.05, 4.69) is 0 Å². The van der Waals surface area contributed by atoms with Crippen LogP contribution in [0.3, 0.4) is 0 Å². The van der Waals surface area contributed by atoms with Crippen LogP contribution in [0.1, 0.15) is 10.4 Å². The molecule has 0 unspecified atom stereocenters. The maximum Gasteiger partial charge on any atom is 0.334 e. The van der Waals surface area contributed by atoms with Crippen molar-refractivity contribution in [3.05, 3.63) is 58.0 Å². The summed E-state index contributed by atoms with van der Waals surface area (Å²) in [6.45, 7) is 0.0419. The zero-order valence-electron chi connectivity index (χ0n) is 12.1. The largest absolute Gasteiger partial charge is 0.334 e. The normalized spacial score (nSPS) is 14.9. The van der Waals surface area contributed by atoms with Crippen LogP contribution in [0.2, 0.25) is 0 Å². The summed E-state index contributed by atoms with van der Waals surface area (Å²) in [5.41, 5.74) is 0.458. The van der Waals surface area contributed by atoms with Crippen LogP contribution in [0.5, 0.6) is 0 Å². The molecule has 118 valence electrons. The van der Waals surface area contributed by atoms with E-state index in [9.17, 15) is 18.8 Å². The van der Waals surface area contributed by atoms with Crippen LogP contribution >= 0.6 is 11.3 Å². The van der Waals surface area contributed by atoms with Gasteiger partial charge >= 0.3 is 17.8 Å². The maximum atomic E-state index is 13.2. The Labute approximate surface area is 135 Å². The molecule has 0 radical (unpaired) electrons. The van der Waals surface area contributed by atoms with Crippen molar-refractivity contribution in [3.8, 4) is 0 Å². The monoisotopic (exact) mass is 332 g/mol. The molecule has 2 aromatic rings. The zero-order valence-corrected chi connectivity index (χ0v) is 12.9. The minimum absolute atomic E-state index is 0.114. The first-order valence-electron chi connectivity index (χ1n) is 7.00. The van der Waals surface area contributed by atoms with E-state index in [-0.39, 0.29) is 13.1 Å². The van der Waals surface area contributed by atoms with Crippen LogP contribution in [0.25, 0.3) is 0 Å². The minimum atomic E-state index is -0.870. The first-order valence-corrected chi connectivity index (χ1v) is 7.88. The molecular weight excluding hydrogens is 319 g/mol. The molecule has 1 aliphatic rings. The summed E-state index contributed by atoms with van der Waals surface area (Å²) in [6.07, 6.45) is 0.510. The lowest BCUT2D eigenvalue weighted by Crippen LogP contribution is -2.34. The molecule has 0 saturated carbocycles. The Balaban J connectivity index is 1.71. The molecule has 0 bridgehead atoms. The fraction of sp³-hybridized carbons (Fsp3) is 0.188. The fourth-order valence-electron chi connectivity index (χ4n) is 2.38. The fourth-order valence-corrected chi connectivity index (χ4v) is 3.08. The average Bonchev–Trinajstić information content (AvgIpc) is 3.10. The van der Waals surface area contributed by atoms with Crippen molar-refractivity contribution in [2.75, 3.05) is 6.54 Å². The highest BCUT2D eigenvalue weighted by Crippen LogP contribution is 2.18. The molecule has 1 saturated heterocycles. The number of halogens is 1. The minimum Gasteiger partial charge on any atom is -0.263 e. The number of rotatable bonds is 5. The molecule has 7 heteroatoms. The predicted octanol–water partition coefficient (Wildman–Crippen LogP) is 2.42. The van der Waals surface area contributed by atoms with Crippen LogP contribution in [-0.4, -0.2) is 34.2 Å². The SMILES string of the molecule is O=C1C(=O)N(Cc2cccc(F)c2)C(=O)N1CCc1cccs1. The van der Waals surface area contributed by atoms with Gasteiger partial charge in [-0.15, -0.1) is 11.3 Å². The molecule has 2 heterocycles. The Kier molecular flexibility index (Phi) is 4.20. The van der Waals surface area contributed by atoms with E-state index in [4.69, 9.17) is 0 Å². The molecule has 23 heavy (non-hydrogen) atoms. The first kappa shape index (κ1) is 15.4. The van der Waals surface area contributed by atoms with Gasteiger partial charge in [-0.05, 0) is 29.1 Å². The molecular formula is C16H13FN2O3S. The van der Waals surface area contributed by atoms with E-state index in [0.29, 0.717) is 12.0 Å². The molecule has 1 aromatic heterocycles. The second-order valence-electron chi connectivity index (χ2n) is 5.09. The second-order valence-corrected chi connectivity index (χ2v) is 6.12. The van der Waals surface area contributed by atoms with E-state index in [1.807, 2.05) is 17.5 Å². The Hall–Kier alpha value is -2.54. The maximum absolute atomic E-state index is 13.2. The van der Waals surface area contributed by atoms with Gasteiger partial charge in [-0.3, -0.25) is 19.4 Å². The average molecular weight is 332 g/mol. The molecule has 0 spiro atoms. The number of carbonyl (C=O) groups excluding carboxylic acids is 3. The Morgan fingerprint density at radius 1 is 1.00 bits per heavy atom. The van der Waals surface area contributed by atoms with Gasteiger partial charge in [-0.1, -0.05) is 18.2 Å². The van der Waals surface area contributed by atoms with Gasteiger partial charge in [0.2, 0.25) is 0 Å². The van der Waals surface area contributed by atoms with Crippen LogP contribution in [-0.2, 0) is 22.6 Å². The number of imide groups is 2. The van der Waals surface area contributed by atoms with Gasteiger partial charge in [0.25, 0.3) is 0 Å². The van der Waals surface area contributed by atoms with Crippen molar-refractivity contribution in [1.82, 2.24) is 9.80 Å². The van der Waals surface area contributed by atoms with Crippen molar-refractivity contribution in [1.29, 1.82) is 0 Å². The summed E-state index contributed by atoms with van der Waals surface area (Å²) in [5.74, 6) is -2.16. The Morgan fingerprint density at radius 3 is 2.48 bits per heavy atom. The zero-order chi connectivity index (χ0) is 16.4. The number of amides is 4. The van der Waals surface area contributed by atoms with Gasteiger partial charge in [0.1, 0.15) is 5.82 Å². The van der Waals surface area contributed by atoms with Crippen molar-refractivity contribution in [3.63, 3.8) is 0 Å². The van der Waals surface area contributed by atoms with Crippen LogP contribution in [0.4, 0.5) is 9.18 Å². The molecule has 1 fully saturated rings. The number of benzene rings is 1. The third kappa shape index (κ3) is 3.14. The molecule has 1 aromatic carbocycles. The predicted molar refractivity (Wildman–Crippen MR) is 82.1 cm³/mol. The number of urea groups is 1. The third-order valence-electron chi connectivity index (χ3n) is 3.53. The van der Waals surface area contributed by atoms with E-state index in [1.54, 1.807) is 6.07 Å². The summed E-state index contributed by atoms with van der Waals surface area (Å²) in [4.78, 5) is 39.1. The summed E-state index contributed by atoms with van der Waals surface area (Å²) in [5, 5.41) is 1.91. The molecule has 0 aliphatic carbocycles. The molecule has 5 nitrogen and oxygen atoms in total. The third-order valence-corrected chi connectivity index (χ3v) is 4.46. The topological polar surface area (TPSA) is 57.7 Å².